The third kappa shape index (κ3) is 16.5. The van der Waals surface area contributed by atoms with Gasteiger partial charge in [0.2, 0.25) is 0 Å². The molecule has 0 radical (unpaired) electrons. The molecule has 2 saturated heterocycles. The summed E-state index contributed by atoms with van der Waals surface area (Å²) in [6.45, 7) is 20.0. The first-order chi connectivity index (χ1) is 28.9. The average molecular weight is 828 g/mol. The molecule has 0 aliphatic carbocycles. The number of benzene rings is 4. The monoisotopic (exact) mass is 828 g/mol. The molecule has 0 unspecified atom stereocenters. The molecule has 4 aromatic carbocycles. The second-order valence-electron chi connectivity index (χ2n) is 14.8. The number of nitrogen functional groups attached to an aromatic ring is 1. The van der Waals surface area contributed by atoms with E-state index in [0.717, 1.165) is 63.7 Å². The van der Waals surface area contributed by atoms with Crippen molar-refractivity contribution in [2.24, 2.45) is 0 Å². The van der Waals surface area contributed by atoms with E-state index in [1.54, 1.807) is 36.4 Å². The first kappa shape index (κ1) is 49.2. The number of carbonyl (C=O) groups is 2. The Balaban J connectivity index is 0.000000239. The lowest BCUT2D eigenvalue weighted by molar-refractivity contribution is 0.101. The minimum absolute atomic E-state index is 0.0337. The molecule has 0 atom stereocenters. The van der Waals surface area contributed by atoms with E-state index in [4.69, 9.17) is 20.3 Å². The van der Waals surface area contributed by atoms with Gasteiger partial charge in [0.15, 0.2) is 5.78 Å². The normalized spacial score (nSPS) is 14.1. The second kappa shape index (κ2) is 26.1. The van der Waals surface area contributed by atoms with Crippen molar-refractivity contribution in [2.45, 2.75) is 40.9 Å². The van der Waals surface area contributed by atoms with Crippen LogP contribution in [0, 0.1) is 0 Å². The number of Topliss-reactive ketones (excluding diaryl/α,β-unsaturated/α-hetero) is 1. The summed E-state index contributed by atoms with van der Waals surface area (Å²) in [4.78, 5) is 35.4. The highest BCUT2D eigenvalue weighted by atomic mass is 16.5. The van der Waals surface area contributed by atoms with Crippen molar-refractivity contribution in [3.63, 3.8) is 0 Å². The number of carbonyl (C=O) groups excluding carboxylic acids is 2. The van der Waals surface area contributed by atoms with Crippen molar-refractivity contribution in [2.75, 3.05) is 121 Å². The van der Waals surface area contributed by atoms with E-state index >= 15 is 0 Å². The molecule has 2 fully saturated rings. The van der Waals surface area contributed by atoms with Gasteiger partial charge in [-0.2, -0.15) is 0 Å². The predicted octanol–water partition coefficient (Wildman–Crippen LogP) is 5.95. The lowest BCUT2D eigenvalue weighted by Crippen LogP contribution is -2.44. The molecule has 2 aliphatic heterocycles. The molecule has 13 nitrogen and oxygen atoms in total. The number of aliphatic hydroxyl groups excluding tert-OH is 2. The minimum Gasteiger partial charge on any atom is -0.497 e. The summed E-state index contributed by atoms with van der Waals surface area (Å²) in [5, 5.41) is 21.1. The summed E-state index contributed by atoms with van der Waals surface area (Å²) >= 11 is 0. The van der Waals surface area contributed by atoms with Crippen molar-refractivity contribution in [1.82, 2.24) is 14.7 Å². The number of nitrogens with one attached hydrogen (secondary N) is 1. The molecule has 2 aliphatic rings. The van der Waals surface area contributed by atoms with E-state index < -0.39 is 0 Å². The number of ketones is 1. The molecule has 328 valence electrons. The number of amides is 1. The van der Waals surface area contributed by atoms with Crippen LogP contribution in [0.25, 0.3) is 0 Å². The van der Waals surface area contributed by atoms with Crippen LogP contribution in [0.4, 0.5) is 22.7 Å². The maximum atomic E-state index is 12.5. The Bertz CT molecular complexity index is 1810. The zero-order chi connectivity index (χ0) is 44.0. The summed E-state index contributed by atoms with van der Waals surface area (Å²) in [6.07, 6.45) is 0. The summed E-state index contributed by atoms with van der Waals surface area (Å²) in [7, 11) is 7.37. The fraction of sp³-hybridized carbons (Fsp3) is 0.447. The molecule has 0 bridgehead atoms. The molecule has 6 rings (SSSR count). The van der Waals surface area contributed by atoms with Crippen molar-refractivity contribution >= 4 is 34.4 Å². The minimum atomic E-state index is -0.231. The van der Waals surface area contributed by atoms with Gasteiger partial charge >= 0.3 is 0 Å². The zero-order valence-corrected chi connectivity index (χ0v) is 37.1. The van der Waals surface area contributed by atoms with E-state index in [2.05, 4.69) is 76.8 Å². The van der Waals surface area contributed by atoms with Gasteiger partial charge in [0.1, 0.15) is 11.5 Å². The molecule has 0 spiro atoms. The highest BCUT2D eigenvalue weighted by Gasteiger charge is 2.16. The standard InChI is InChI=1S/C20H25N3O3.C11H17N3.C10H12O3.C6H15N/c1-22-7-9-23(10-8-22)18-5-3-17(4-6-18)21-20(25)16-11-15(14-24)12-19(13-16)26-2;1-13-6-8-14(9-7-13)11-4-2-10(12)3-5-11;1-7(12)9-3-8(6-11)4-10(5-9)13-2;1-4-7(5-2)6-3/h3-6,11-13,24H,7-10,14H2,1-2H3,(H,21,25);2-5H,6-9,12H2,1H3;3-5,11H,6H2,1-2H3;4-6H2,1-3H3. The molecule has 60 heavy (non-hydrogen) atoms. The van der Waals surface area contributed by atoms with E-state index in [1.807, 2.05) is 36.4 Å². The number of aliphatic hydroxyl groups is 2. The summed E-state index contributed by atoms with van der Waals surface area (Å²) in [5.74, 6) is 0.878. The van der Waals surface area contributed by atoms with Crippen LogP contribution < -0.4 is 30.3 Å². The number of likely N-dealkylation sites (N-methyl/N-ethyl adjacent to an activating group) is 2. The van der Waals surface area contributed by atoms with Crippen LogP contribution in [-0.4, -0.2) is 137 Å². The number of hydrogen-bond donors (Lipinski definition) is 4. The van der Waals surface area contributed by atoms with Crippen LogP contribution >= 0.6 is 0 Å². The Kier molecular flexibility index (Phi) is 21.4. The lowest BCUT2D eigenvalue weighted by atomic mass is 10.1. The van der Waals surface area contributed by atoms with Crippen molar-refractivity contribution in [1.29, 1.82) is 0 Å². The van der Waals surface area contributed by atoms with Gasteiger partial charge in [0.05, 0.1) is 27.4 Å². The van der Waals surface area contributed by atoms with Crippen molar-refractivity contribution in [3.05, 3.63) is 107 Å². The predicted molar refractivity (Wildman–Crippen MR) is 246 cm³/mol. The zero-order valence-electron chi connectivity index (χ0n) is 37.1. The molecule has 2 heterocycles. The second-order valence-corrected chi connectivity index (χ2v) is 14.8. The maximum absolute atomic E-state index is 12.5. The van der Waals surface area contributed by atoms with Gasteiger partial charge in [-0.15, -0.1) is 0 Å². The SMILES string of the molecule is CCN(CC)CC.CN1CCN(c2ccc(N)cc2)CC1.COc1cc(CO)cc(C(=O)Nc2ccc(N3CCN(C)CC3)cc2)c1.COc1cc(CO)cc(C(C)=O)c1. The van der Waals surface area contributed by atoms with Gasteiger partial charge in [-0.1, -0.05) is 20.8 Å². The Hall–Kier alpha value is -5.18. The highest BCUT2D eigenvalue weighted by Crippen LogP contribution is 2.22. The largest absolute Gasteiger partial charge is 0.497 e. The number of nitrogens with two attached hydrogens (primary N) is 1. The summed E-state index contributed by atoms with van der Waals surface area (Å²) in [5.41, 5.74) is 12.0. The fourth-order valence-corrected chi connectivity index (χ4v) is 6.52. The summed E-state index contributed by atoms with van der Waals surface area (Å²) < 4.78 is 10.2. The van der Waals surface area contributed by atoms with E-state index in [9.17, 15) is 14.7 Å². The number of rotatable bonds is 12. The van der Waals surface area contributed by atoms with Crippen LogP contribution in [0.1, 0.15) is 59.5 Å². The molecular weight excluding hydrogens is 759 g/mol. The van der Waals surface area contributed by atoms with E-state index in [1.165, 1.54) is 52.2 Å². The highest BCUT2D eigenvalue weighted by molar-refractivity contribution is 6.04. The van der Waals surface area contributed by atoms with Gasteiger partial charge in [0.25, 0.3) is 5.91 Å². The number of nitrogens with zero attached hydrogens (tertiary/aromatic N) is 5. The number of ether oxygens (including phenoxy) is 2. The molecule has 1 amide bonds. The number of methoxy groups -OCH3 is 2. The molecule has 5 N–H and O–H groups in total. The van der Waals surface area contributed by atoms with Gasteiger partial charge in [-0.25, -0.2) is 0 Å². The van der Waals surface area contributed by atoms with Crippen LogP contribution in [0.15, 0.2) is 84.9 Å². The van der Waals surface area contributed by atoms with Crippen LogP contribution in [0.5, 0.6) is 11.5 Å². The lowest BCUT2D eigenvalue weighted by Gasteiger charge is -2.34. The summed E-state index contributed by atoms with van der Waals surface area (Å²) in [6, 6.07) is 26.1. The number of hydrogen-bond acceptors (Lipinski definition) is 12. The van der Waals surface area contributed by atoms with Crippen molar-refractivity contribution in [3.8, 4) is 11.5 Å². The topological polar surface area (TPSA) is 147 Å². The van der Waals surface area contributed by atoms with Crippen LogP contribution in [0.3, 0.4) is 0 Å². The third-order valence-electron chi connectivity index (χ3n) is 10.5. The average Bonchev–Trinajstić information content (AvgIpc) is 3.28. The van der Waals surface area contributed by atoms with Gasteiger partial charge in [-0.05, 0) is 137 Å². The Morgan fingerprint density at radius 1 is 0.633 bits per heavy atom. The molecule has 0 aromatic heterocycles. The number of piperazine rings is 2. The smallest absolute Gasteiger partial charge is 0.255 e. The molecule has 0 saturated carbocycles. The van der Waals surface area contributed by atoms with Crippen LogP contribution in [-0.2, 0) is 13.2 Å². The van der Waals surface area contributed by atoms with Gasteiger partial charge in [0, 0.05) is 86.2 Å². The van der Waals surface area contributed by atoms with Crippen LogP contribution in [0.2, 0.25) is 0 Å². The quantitative estimate of drug-likeness (QED) is 0.0989. The Morgan fingerprint density at radius 2 is 1.03 bits per heavy atom. The third-order valence-corrected chi connectivity index (χ3v) is 10.5. The maximum Gasteiger partial charge on any atom is 0.255 e. The molecule has 13 heteroatoms. The fourth-order valence-electron chi connectivity index (χ4n) is 6.52. The van der Waals surface area contributed by atoms with E-state index in [0.29, 0.717) is 33.8 Å². The Labute approximate surface area is 358 Å². The first-order valence-electron chi connectivity index (χ1n) is 20.8. The van der Waals surface area contributed by atoms with Gasteiger partial charge < -0.3 is 55.2 Å². The van der Waals surface area contributed by atoms with Gasteiger partial charge in [-0.3, -0.25) is 9.59 Å². The number of anilines is 4. The Morgan fingerprint density at radius 3 is 1.40 bits per heavy atom. The van der Waals surface area contributed by atoms with E-state index in [-0.39, 0.29) is 24.9 Å². The molecular formula is C47H69N7O6. The first-order valence-corrected chi connectivity index (χ1v) is 20.8. The van der Waals surface area contributed by atoms with Crippen molar-refractivity contribution < 1.29 is 29.3 Å². The molecule has 4 aromatic rings.